The van der Waals surface area contributed by atoms with Gasteiger partial charge in [0.1, 0.15) is 11.1 Å². The third kappa shape index (κ3) is 4.45. The van der Waals surface area contributed by atoms with E-state index in [0.29, 0.717) is 11.3 Å². The Bertz CT molecular complexity index is 476. The Morgan fingerprint density at radius 1 is 1.56 bits per heavy atom. The first-order chi connectivity index (χ1) is 8.41. The summed E-state index contributed by atoms with van der Waals surface area (Å²) in [7, 11) is 0. The van der Waals surface area contributed by atoms with Crippen LogP contribution in [0.3, 0.4) is 0 Å². The summed E-state index contributed by atoms with van der Waals surface area (Å²) in [6.45, 7) is 1.44. The van der Waals surface area contributed by atoms with Crippen molar-refractivity contribution in [2.45, 2.75) is 25.6 Å². The SMILES string of the molecule is CC(=O)SCCC(O)C(O)c1c[nH]c(=O)c(Cl)c1. The number of carbonyl (C=O) groups excluding carboxylic acids is 1. The maximum Gasteiger partial charge on any atom is 0.266 e. The number of hydrogen-bond donors (Lipinski definition) is 3. The molecular weight excluding hydrogens is 278 g/mol. The topological polar surface area (TPSA) is 90.4 Å². The standard InChI is InChI=1S/C11H14ClNO4S/c1-6(14)18-3-2-9(15)10(16)7-4-8(12)11(17)13-5-7/h4-5,9-10,15-16H,2-3H2,1H3,(H,13,17). The number of pyridine rings is 1. The zero-order valence-corrected chi connectivity index (χ0v) is 11.3. The van der Waals surface area contributed by atoms with Crippen molar-refractivity contribution in [1.82, 2.24) is 4.98 Å². The highest BCUT2D eigenvalue weighted by Gasteiger charge is 2.19. The van der Waals surface area contributed by atoms with Crippen molar-refractivity contribution in [3.63, 3.8) is 0 Å². The Hall–Kier alpha value is -0.820. The fourth-order valence-corrected chi connectivity index (χ4v) is 2.17. The first-order valence-corrected chi connectivity index (χ1v) is 6.65. The average molecular weight is 292 g/mol. The van der Waals surface area contributed by atoms with Crippen molar-refractivity contribution in [2.24, 2.45) is 0 Å². The molecule has 0 fully saturated rings. The molecule has 0 amide bonds. The third-order valence-corrected chi connectivity index (χ3v) is 3.43. The van der Waals surface area contributed by atoms with Crippen LogP contribution in [0.1, 0.15) is 25.0 Å². The van der Waals surface area contributed by atoms with Gasteiger partial charge in [-0.15, -0.1) is 0 Å². The van der Waals surface area contributed by atoms with Crippen LogP contribution in [0.4, 0.5) is 0 Å². The number of carbonyl (C=O) groups is 1. The van der Waals surface area contributed by atoms with E-state index >= 15 is 0 Å². The van der Waals surface area contributed by atoms with Crippen LogP contribution in [-0.2, 0) is 4.79 Å². The van der Waals surface area contributed by atoms with Crippen molar-refractivity contribution >= 4 is 28.5 Å². The second-order valence-electron chi connectivity index (χ2n) is 3.75. The molecule has 0 aromatic carbocycles. The number of aliphatic hydroxyl groups excluding tert-OH is 2. The van der Waals surface area contributed by atoms with Gasteiger partial charge in [0.2, 0.25) is 0 Å². The summed E-state index contributed by atoms with van der Waals surface area (Å²) in [6, 6.07) is 1.31. The number of aliphatic hydroxyl groups is 2. The summed E-state index contributed by atoms with van der Waals surface area (Å²) in [5, 5.41) is 19.5. The Morgan fingerprint density at radius 3 is 2.78 bits per heavy atom. The largest absolute Gasteiger partial charge is 0.390 e. The number of aromatic nitrogens is 1. The summed E-state index contributed by atoms with van der Waals surface area (Å²) in [5.74, 6) is 0.421. The molecule has 2 atom stereocenters. The van der Waals surface area contributed by atoms with Crippen LogP contribution in [-0.4, -0.2) is 32.2 Å². The van der Waals surface area contributed by atoms with Crippen LogP contribution in [0, 0.1) is 0 Å². The number of hydrogen-bond acceptors (Lipinski definition) is 5. The molecular formula is C11H14ClNO4S. The molecule has 5 nitrogen and oxygen atoms in total. The predicted molar refractivity (Wildman–Crippen MR) is 70.8 cm³/mol. The Kier molecular flexibility index (Phi) is 5.87. The minimum atomic E-state index is -1.15. The molecule has 0 radical (unpaired) electrons. The van der Waals surface area contributed by atoms with E-state index in [2.05, 4.69) is 4.98 Å². The number of halogens is 1. The maximum absolute atomic E-state index is 11.0. The van der Waals surface area contributed by atoms with Crippen molar-refractivity contribution in [3.8, 4) is 0 Å². The van der Waals surface area contributed by atoms with Crippen molar-refractivity contribution < 1.29 is 15.0 Å². The summed E-state index contributed by atoms with van der Waals surface area (Å²) >= 11 is 6.71. The van der Waals surface area contributed by atoms with Crippen LogP contribution >= 0.6 is 23.4 Å². The molecule has 0 saturated carbocycles. The average Bonchev–Trinajstić information content (AvgIpc) is 2.31. The van der Waals surface area contributed by atoms with E-state index < -0.39 is 17.8 Å². The van der Waals surface area contributed by atoms with E-state index in [4.69, 9.17) is 11.6 Å². The van der Waals surface area contributed by atoms with E-state index in [0.717, 1.165) is 11.8 Å². The van der Waals surface area contributed by atoms with Gasteiger partial charge >= 0.3 is 0 Å². The second-order valence-corrected chi connectivity index (χ2v) is 5.43. The number of aromatic amines is 1. The molecule has 0 aliphatic carbocycles. The molecule has 0 bridgehead atoms. The van der Waals surface area contributed by atoms with Gasteiger partial charge in [-0.1, -0.05) is 23.4 Å². The van der Waals surface area contributed by atoms with E-state index in [1.165, 1.54) is 19.2 Å². The normalized spacial score (nSPS) is 14.2. The predicted octanol–water partition coefficient (Wildman–Crippen LogP) is 1.09. The second kappa shape index (κ2) is 6.94. The lowest BCUT2D eigenvalue weighted by Gasteiger charge is -2.17. The molecule has 100 valence electrons. The highest BCUT2D eigenvalue weighted by Crippen LogP contribution is 2.20. The lowest BCUT2D eigenvalue weighted by molar-refractivity contribution is -0.109. The van der Waals surface area contributed by atoms with E-state index in [1.54, 1.807) is 0 Å². The molecule has 0 aliphatic rings. The van der Waals surface area contributed by atoms with E-state index in [-0.39, 0.29) is 16.6 Å². The van der Waals surface area contributed by atoms with E-state index in [9.17, 15) is 19.8 Å². The highest BCUT2D eigenvalue weighted by atomic mass is 35.5. The first kappa shape index (κ1) is 15.2. The minimum absolute atomic E-state index is 0.0382. The van der Waals surface area contributed by atoms with Gasteiger partial charge in [0.05, 0.1) is 6.10 Å². The van der Waals surface area contributed by atoms with Gasteiger partial charge < -0.3 is 15.2 Å². The zero-order chi connectivity index (χ0) is 13.7. The van der Waals surface area contributed by atoms with Crippen LogP contribution in [0.5, 0.6) is 0 Å². The van der Waals surface area contributed by atoms with Crippen LogP contribution < -0.4 is 5.56 Å². The number of nitrogens with one attached hydrogen (secondary N) is 1. The monoisotopic (exact) mass is 291 g/mol. The Balaban J connectivity index is 2.62. The fraction of sp³-hybridized carbons (Fsp3) is 0.455. The number of thioether (sulfide) groups is 1. The molecule has 2 unspecified atom stereocenters. The van der Waals surface area contributed by atoms with Gasteiger partial charge in [-0.2, -0.15) is 0 Å². The molecule has 18 heavy (non-hydrogen) atoms. The Morgan fingerprint density at radius 2 is 2.22 bits per heavy atom. The van der Waals surface area contributed by atoms with Gasteiger partial charge in [0, 0.05) is 24.4 Å². The van der Waals surface area contributed by atoms with Gasteiger partial charge in [0.25, 0.3) is 5.56 Å². The van der Waals surface area contributed by atoms with Crippen molar-refractivity contribution in [1.29, 1.82) is 0 Å². The summed E-state index contributed by atoms with van der Waals surface area (Å²) in [5.41, 5.74) is -0.117. The smallest absolute Gasteiger partial charge is 0.266 e. The molecule has 7 heteroatoms. The summed E-state index contributed by atoms with van der Waals surface area (Å²) < 4.78 is 0. The maximum atomic E-state index is 11.0. The molecule has 0 spiro atoms. The zero-order valence-electron chi connectivity index (χ0n) is 9.72. The lowest BCUT2D eigenvalue weighted by Crippen LogP contribution is -2.20. The highest BCUT2D eigenvalue weighted by molar-refractivity contribution is 8.13. The number of H-pyrrole nitrogens is 1. The fourth-order valence-electron chi connectivity index (χ4n) is 1.35. The number of rotatable bonds is 5. The first-order valence-electron chi connectivity index (χ1n) is 5.29. The summed E-state index contributed by atoms with van der Waals surface area (Å²) in [6.07, 6.45) is -0.590. The van der Waals surface area contributed by atoms with E-state index in [1.807, 2.05) is 0 Å². The van der Waals surface area contributed by atoms with Gasteiger partial charge in [0.15, 0.2) is 5.12 Å². The summed E-state index contributed by atoms with van der Waals surface area (Å²) in [4.78, 5) is 24.1. The van der Waals surface area contributed by atoms with Gasteiger partial charge in [-0.05, 0) is 12.5 Å². The molecule has 3 N–H and O–H groups in total. The molecule has 1 aromatic rings. The minimum Gasteiger partial charge on any atom is -0.390 e. The lowest BCUT2D eigenvalue weighted by atomic mass is 10.0. The van der Waals surface area contributed by atoms with Crippen molar-refractivity contribution in [2.75, 3.05) is 5.75 Å². The molecule has 1 aromatic heterocycles. The van der Waals surface area contributed by atoms with Crippen LogP contribution in [0.2, 0.25) is 5.02 Å². The molecule has 1 rings (SSSR count). The van der Waals surface area contributed by atoms with Gasteiger partial charge in [-0.3, -0.25) is 9.59 Å². The van der Waals surface area contributed by atoms with Crippen molar-refractivity contribution in [3.05, 3.63) is 33.2 Å². The molecule has 0 saturated heterocycles. The Labute approximate surface area is 113 Å². The quantitative estimate of drug-likeness (QED) is 0.755. The van der Waals surface area contributed by atoms with Gasteiger partial charge in [-0.25, -0.2) is 0 Å². The molecule has 1 heterocycles. The van der Waals surface area contributed by atoms with Crippen LogP contribution in [0.15, 0.2) is 17.1 Å². The van der Waals surface area contributed by atoms with Crippen LogP contribution in [0.25, 0.3) is 0 Å². The third-order valence-electron chi connectivity index (χ3n) is 2.31. The molecule has 0 aliphatic heterocycles.